The molecule has 3 aliphatic heterocycles. The van der Waals surface area contributed by atoms with Crippen LogP contribution in [0.1, 0.15) is 63.0 Å². The molecule has 202 valence electrons. The van der Waals surface area contributed by atoms with E-state index in [1.54, 1.807) is 6.07 Å². The number of benzene rings is 2. The summed E-state index contributed by atoms with van der Waals surface area (Å²) in [5.41, 5.74) is 2.92. The van der Waals surface area contributed by atoms with Gasteiger partial charge in [-0.3, -0.25) is 9.69 Å². The van der Waals surface area contributed by atoms with Crippen molar-refractivity contribution in [2.75, 3.05) is 32.8 Å². The zero-order valence-corrected chi connectivity index (χ0v) is 22.2. The molecule has 0 atom stereocenters. The van der Waals surface area contributed by atoms with Gasteiger partial charge in [-0.25, -0.2) is 4.39 Å². The first-order valence-electron chi connectivity index (χ1n) is 13.8. The van der Waals surface area contributed by atoms with E-state index in [-0.39, 0.29) is 11.4 Å². The number of hydrogen-bond acceptors (Lipinski definition) is 6. The van der Waals surface area contributed by atoms with E-state index >= 15 is 0 Å². The van der Waals surface area contributed by atoms with Crippen LogP contribution in [0.25, 0.3) is 11.1 Å². The minimum absolute atomic E-state index is 0.219. The fourth-order valence-corrected chi connectivity index (χ4v) is 6.18. The third-order valence-corrected chi connectivity index (χ3v) is 8.66. The van der Waals surface area contributed by atoms with Gasteiger partial charge in [-0.1, -0.05) is 29.4 Å². The summed E-state index contributed by atoms with van der Waals surface area (Å²) in [5.74, 6) is 1.22. The number of aliphatic carboxylic acids is 1. The number of carbonyl (C=O) groups is 1. The minimum Gasteiger partial charge on any atom is -0.493 e. The molecular weight excluding hydrogens is 485 g/mol. The van der Waals surface area contributed by atoms with Crippen LogP contribution in [0.4, 0.5) is 4.39 Å². The van der Waals surface area contributed by atoms with Crippen LogP contribution in [0.5, 0.6) is 5.75 Å². The van der Waals surface area contributed by atoms with Crippen LogP contribution in [-0.2, 0) is 16.2 Å². The molecule has 1 spiro atoms. The van der Waals surface area contributed by atoms with Gasteiger partial charge in [-0.05, 0) is 68.7 Å². The summed E-state index contributed by atoms with van der Waals surface area (Å²) in [5, 5.41) is 13.9. The monoisotopic (exact) mass is 521 g/mol. The zero-order chi connectivity index (χ0) is 26.5. The average molecular weight is 522 g/mol. The maximum Gasteiger partial charge on any atom is 0.309 e. The van der Waals surface area contributed by atoms with Crippen molar-refractivity contribution in [2.24, 2.45) is 10.6 Å². The largest absolute Gasteiger partial charge is 0.493 e. The number of carboxylic acids is 1. The molecular formula is C30H36FN3O4. The van der Waals surface area contributed by atoms with E-state index in [0.29, 0.717) is 44.0 Å². The molecule has 0 amide bonds. The van der Waals surface area contributed by atoms with Gasteiger partial charge >= 0.3 is 5.97 Å². The van der Waals surface area contributed by atoms with E-state index < -0.39 is 11.4 Å². The number of hydrogen-bond donors (Lipinski definition) is 1. The third kappa shape index (κ3) is 4.64. The predicted octanol–water partition coefficient (Wildman–Crippen LogP) is 5.24. The van der Waals surface area contributed by atoms with E-state index in [0.717, 1.165) is 56.0 Å². The van der Waals surface area contributed by atoms with Crippen LogP contribution >= 0.6 is 0 Å². The van der Waals surface area contributed by atoms with Gasteiger partial charge in [0.15, 0.2) is 5.60 Å². The Morgan fingerprint density at radius 1 is 1.21 bits per heavy atom. The zero-order valence-electron chi connectivity index (χ0n) is 22.2. The highest BCUT2D eigenvalue weighted by Gasteiger charge is 2.51. The van der Waals surface area contributed by atoms with Gasteiger partial charge < -0.3 is 19.6 Å². The van der Waals surface area contributed by atoms with E-state index in [1.165, 1.54) is 17.2 Å². The lowest BCUT2D eigenvalue weighted by atomic mass is 9.80. The molecule has 8 heteroatoms. The number of amidine groups is 1. The molecule has 3 heterocycles. The molecule has 3 fully saturated rings. The number of carboxylic acid groups (broad SMARTS) is 1. The van der Waals surface area contributed by atoms with E-state index in [2.05, 4.69) is 27.1 Å². The Balaban J connectivity index is 1.13. The van der Waals surface area contributed by atoms with Crippen molar-refractivity contribution in [1.29, 1.82) is 0 Å². The fourth-order valence-electron chi connectivity index (χ4n) is 6.18. The van der Waals surface area contributed by atoms with Crippen LogP contribution in [0.2, 0.25) is 0 Å². The smallest absolute Gasteiger partial charge is 0.309 e. The number of piperidine rings is 1. The number of rotatable bonds is 7. The van der Waals surface area contributed by atoms with Crippen molar-refractivity contribution in [3.63, 3.8) is 0 Å². The lowest BCUT2D eigenvalue weighted by molar-refractivity contribution is -0.150. The molecule has 1 N–H and O–H groups in total. The topological polar surface area (TPSA) is 74.6 Å². The second-order valence-corrected chi connectivity index (χ2v) is 11.7. The van der Waals surface area contributed by atoms with Gasteiger partial charge in [-0.15, -0.1) is 0 Å². The SMILES string of the molecule is CCOc1cc(CN2CC3(CC(N4CCC(C)(C(=O)O)CC4)=NO3)C2)cc(C2CC2)c1-c1ccccc1F. The summed E-state index contributed by atoms with van der Waals surface area (Å²) in [4.78, 5) is 22.1. The Labute approximate surface area is 223 Å². The highest BCUT2D eigenvalue weighted by molar-refractivity contribution is 5.85. The van der Waals surface area contributed by atoms with Crippen molar-refractivity contribution in [1.82, 2.24) is 9.80 Å². The first-order chi connectivity index (χ1) is 18.3. The van der Waals surface area contributed by atoms with Crippen LogP contribution in [0.3, 0.4) is 0 Å². The molecule has 2 aromatic rings. The number of ether oxygens (including phenoxy) is 1. The summed E-state index contributed by atoms with van der Waals surface area (Å²) in [6, 6.07) is 11.3. The third-order valence-electron chi connectivity index (χ3n) is 8.66. The molecule has 1 aliphatic carbocycles. The molecule has 2 aromatic carbocycles. The lowest BCUT2D eigenvalue weighted by Gasteiger charge is -2.45. The molecule has 0 unspecified atom stereocenters. The Morgan fingerprint density at radius 2 is 1.95 bits per heavy atom. The molecule has 38 heavy (non-hydrogen) atoms. The molecule has 1 saturated carbocycles. The number of likely N-dealkylation sites (tertiary alicyclic amines) is 2. The molecule has 2 saturated heterocycles. The number of nitrogens with zero attached hydrogens (tertiary/aromatic N) is 3. The van der Waals surface area contributed by atoms with Crippen molar-refractivity contribution in [3.8, 4) is 16.9 Å². The molecule has 6 rings (SSSR count). The Kier molecular flexibility index (Phi) is 6.33. The normalized spacial score (nSPS) is 22.1. The van der Waals surface area contributed by atoms with Crippen molar-refractivity contribution in [2.45, 2.75) is 64.0 Å². The first-order valence-corrected chi connectivity index (χ1v) is 13.8. The fraction of sp³-hybridized carbons (Fsp3) is 0.533. The second kappa shape index (κ2) is 9.56. The highest BCUT2D eigenvalue weighted by Crippen LogP contribution is 2.49. The molecule has 4 aliphatic rings. The first kappa shape index (κ1) is 25.2. The molecule has 0 radical (unpaired) electrons. The van der Waals surface area contributed by atoms with Gasteiger partial charge in [0.05, 0.1) is 18.4 Å². The Hall–Kier alpha value is -3.13. The molecule has 7 nitrogen and oxygen atoms in total. The van der Waals surface area contributed by atoms with E-state index in [9.17, 15) is 14.3 Å². The van der Waals surface area contributed by atoms with Crippen LogP contribution < -0.4 is 4.74 Å². The van der Waals surface area contributed by atoms with Crippen molar-refractivity contribution < 1.29 is 23.9 Å². The highest BCUT2D eigenvalue weighted by atomic mass is 19.1. The van der Waals surface area contributed by atoms with Gasteiger partial charge in [-0.2, -0.15) is 0 Å². The van der Waals surface area contributed by atoms with Gasteiger partial charge in [0.1, 0.15) is 17.4 Å². The van der Waals surface area contributed by atoms with Crippen molar-refractivity contribution in [3.05, 3.63) is 53.3 Å². The Bertz CT molecular complexity index is 1260. The second-order valence-electron chi connectivity index (χ2n) is 11.7. The number of halogens is 1. The summed E-state index contributed by atoms with van der Waals surface area (Å²) in [6.07, 6.45) is 4.25. The average Bonchev–Trinajstić information content (AvgIpc) is 3.63. The minimum atomic E-state index is -0.716. The van der Waals surface area contributed by atoms with Crippen LogP contribution in [-0.4, -0.2) is 65.1 Å². The predicted molar refractivity (Wildman–Crippen MR) is 143 cm³/mol. The molecule has 0 bridgehead atoms. The van der Waals surface area contributed by atoms with Crippen molar-refractivity contribution >= 4 is 11.8 Å². The lowest BCUT2D eigenvalue weighted by Crippen LogP contribution is -2.61. The van der Waals surface area contributed by atoms with Gasteiger partial charge in [0, 0.05) is 43.9 Å². The van der Waals surface area contributed by atoms with Gasteiger partial charge in [0.25, 0.3) is 0 Å². The number of oxime groups is 1. The van der Waals surface area contributed by atoms with Gasteiger partial charge in [0.2, 0.25) is 0 Å². The summed E-state index contributed by atoms with van der Waals surface area (Å²) >= 11 is 0. The Morgan fingerprint density at radius 3 is 2.61 bits per heavy atom. The molecule has 0 aromatic heterocycles. The quantitative estimate of drug-likeness (QED) is 0.537. The van der Waals surface area contributed by atoms with Crippen LogP contribution in [0.15, 0.2) is 41.6 Å². The van der Waals surface area contributed by atoms with E-state index in [1.807, 2.05) is 26.0 Å². The summed E-state index contributed by atoms with van der Waals surface area (Å²) in [6.45, 7) is 8.08. The van der Waals surface area contributed by atoms with Crippen LogP contribution in [0, 0.1) is 11.2 Å². The van der Waals surface area contributed by atoms with E-state index in [4.69, 9.17) is 9.57 Å². The maximum atomic E-state index is 14.8. The summed E-state index contributed by atoms with van der Waals surface area (Å²) < 4.78 is 20.9. The summed E-state index contributed by atoms with van der Waals surface area (Å²) in [7, 11) is 0. The standard InChI is InChI=1S/C30H36FN3O4/c1-3-37-25-15-20(14-23(21-8-9-21)27(25)22-6-4-5-7-24(22)31)17-33-18-30(19-33)16-26(32-38-30)34-12-10-29(2,11-13-34)28(35)36/h4-7,14-15,21H,3,8-13,16-19H2,1-2H3,(H,35,36). The maximum absolute atomic E-state index is 14.8.